The van der Waals surface area contributed by atoms with Crippen molar-refractivity contribution in [1.82, 2.24) is 0 Å². The van der Waals surface area contributed by atoms with Crippen molar-refractivity contribution in [2.75, 3.05) is 0 Å². The highest BCUT2D eigenvalue weighted by atomic mass is 19.1. The predicted octanol–water partition coefficient (Wildman–Crippen LogP) is 3.40. The van der Waals surface area contributed by atoms with Gasteiger partial charge >= 0.3 is 0 Å². The van der Waals surface area contributed by atoms with Crippen LogP contribution in [0.4, 0.5) is 4.39 Å². The van der Waals surface area contributed by atoms with Gasteiger partial charge in [0.05, 0.1) is 0 Å². The quantitative estimate of drug-likeness (QED) is 0.740. The Hall–Kier alpha value is -2.74. The molecule has 0 unspecified atom stereocenters. The molecule has 4 nitrogen and oxygen atoms in total. The Morgan fingerprint density at radius 3 is 1.95 bits per heavy atom. The molecule has 0 radical (unpaired) electrons. The number of nitriles is 1. The van der Waals surface area contributed by atoms with Crippen LogP contribution >= 0.6 is 0 Å². The van der Waals surface area contributed by atoms with Crippen molar-refractivity contribution in [3.63, 3.8) is 0 Å². The number of aromatic hydroxyl groups is 2. The van der Waals surface area contributed by atoms with E-state index in [0.717, 1.165) is 17.4 Å². The number of benzene rings is 2. The van der Waals surface area contributed by atoms with E-state index in [2.05, 4.69) is 0 Å². The van der Waals surface area contributed by atoms with Crippen LogP contribution in [0.2, 0.25) is 0 Å². The van der Waals surface area contributed by atoms with Gasteiger partial charge in [0.1, 0.15) is 5.75 Å². The van der Waals surface area contributed by atoms with Crippen molar-refractivity contribution in [3.05, 3.63) is 59.4 Å². The van der Waals surface area contributed by atoms with Crippen LogP contribution in [-0.4, -0.2) is 15.3 Å². The summed E-state index contributed by atoms with van der Waals surface area (Å²) in [6, 6.07) is 11.2. The normalized spacial score (nSPS) is 10.2. The third-order valence-corrected chi connectivity index (χ3v) is 3.26. The first kappa shape index (κ1) is 16.3. The first-order valence-corrected chi connectivity index (χ1v) is 6.14. The van der Waals surface area contributed by atoms with Crippen LogP contribution in [0.5, 0.6) is 11.5 Å². The number of phenols is 2. The van der Waals surface area contributed by atoms with Gasteiger partial charge in [-0.3, -0.25) is 0 Å². The highest BCUT2D eigenvalue weighted by molar-refractivity contribution is 5.41. The summed E-state index contributed by atoms with van der Waals surface area (Å²) in [5, 5.41) is 32.2. The number of rotatable bonds is 2. The molecule has 2 rings (SSSR count). The molecule has 5 heteroatoms. The molecule has 0 aliphatic rings. The average molecular weight is 289 g/mol. The average Bonchev–Trinajstić information content (AvgIpc) is 2.43. The molecule has 0 bridgehead atoms. The molecule has 0 aromatic heterocycles. The summed E-state index contributed by atoms with van der Waals surface area (Å²) in [7, 11) is 0. The van der Waals surface area contributed by atoms with Crippen LogP contribution in [0.1, 0.15) is 25.0 Å². The maximum absolute atomic E-state index is 13.4. The number of phenolic OH excluding ortho intramolecular Hbond substituents is 2. The van der Waals surface area contributed by atoms with Crippen LogP contribution < -0.4 is 0 Å². The van der Waals surface area contributed by atoms with E-state index in [1.807, 2.05) is 13.8 Å². The van der Waals surface area contributed by atoms with Crippen LogP contribution in [0.3, 0.4) is 0 Å². The lowest BCUT2D eigenvalue weighted by Gasteiger charge is -2.26. The molecular formula is C16H16FNO3. The molecule has 3 N–H and O–H groups in total. The second-order valence-corrected chi connectivity index (χ2v) is 4.94. The topological polar surface area (TPSA) is 84.5 Å². The minimum Gasteiger partial charge on any atom is -0.508 e. The molecule has 0 heterocycles. The summed E-state index contributed by atoms with van der Waals surface area (Å²) < 4.78 is 13.4. The van der Waals surface area contributed by atoms with Crippen LogP contribution in [0.25, 0.3) is 0 Å². The van der Waals surface area contributed by atoms with Crippen molar-refractivity contribution >= 4 is 0 Å². The van der Waals surface area contributed by atoms with Crippen molar-refractivity contribution in [3.8, 4) is 17.8 Å². The van der Waals surface area contributed by atoms with Gasteiger partial charge in [-0.25, -0.2) is 4.39 Å². The number of nitrogens with zero attached hydrogens (tertiary/aromatic N) is 1. The zero-order chi connectivity index (χ0) is 16.0. The smallest absolute Gasteiger partial charge is 0.283 e. The Balaban J connectivity index is 0.000000677. The van der Waals surface area contributed by atoms with Crippen molar-refractivity contribution in [2.45, 2.75) is 19.3 Å². The minimum absolute atomic E-state index is 0.200. The molecule has 0 aliphatic carbocycles. The highest BCUT2D eigenvalue weighted by Gasteiger charge is 2.24. The molecule has 2 aromatic carbocycles. The van der Waals surface area contributed by atoms with Crippen LogP contribution in [-0.2, 0) is 5.41 Å². The van der Waals surface area contributed by atoms with Gasteiger partial charge in [-0.1, -0.05) is 32.0 Å². The predicted molar refractivity (Wildman–Crippen MR) is 75.8 cm³/mol. The zero-order valence-electron chi connectivity index (χ0n) is 11.7. The van der Waals surface area contributed by atoms with E-state index in [-0.39, 0.29) is 11.5 Å². The van der Waals surface area contributed by atoms with E-state index in [1.54, 1.807) is 30.3 Å². The van der Waals surface area contributed by atoms with Crippen molar-refractivity contribution < 1.29 is 19.7 Å². The number of hydrogen-bond donors (Lipinski definition) is 3. The molecule has 2 aromatic rings. The Bertz CT molecular complexity index is 646. The van der Waals surface area contributed by atoms with Crippen LogP contribution in [0.15, 0.2) is 42.5 Å². The lowest BCUT2D eigenvalue weighted by Crippen LogP contribution is -2.18. The zero-order valence-corrected chi connectivity index (χ0v) is 11.7. The Labute approximate surface area is 122 Å². The van der Waals surface area contributed by atoms with Gasteiger partial charge in [0.25, 0.3) is 6.26 Å². The molecule has 0 spiro atoms. The summed E-state index contributed by atoms with van der Waals surface area (Å²) >= 11 is 0. The van der Waals surface area contributed by atoms with E-state index in [0.29, 0.717) is 0 Å². The van der Waals surface area contributed by atoms with Gasteiger partial charge in [0.2, 0.25) is 0 Å². The fourth-order valence-electron chi connectivity index (χ4n) is 1.94. The number of aliphatic hydroxyl groups is 1. The molecule has 0 atom stereocenters. The van der Waals surface area contributed by atoms with Gasteiger partial charge < -0.3 is 15.3 Å². The summed E-state index contributed by atoms with van der Waals surface area (Å²) in [6.07, 6.45) is 0.750. The van der Waals surface area contributed by atoms with Gasteiger partial charge in [-0.2, -0.15) is 5.26 Å². The van der Waals surface area contributed by atoms with Gasteiger partial charge in [-0.05, 0) is 35.4 Å². The van der Waals surface area contributed by atoms with E-state index in [4.69, 9.17) is 10.4 Å². The summed E-state index contributed by atoms with van der Waals surface area (Å²) in [4.78, 5) is 0. The fourth-order valence-corrected chi connectivity index (χ4v) is 1.94. The maximum atomic E-state index is 13.4. The molecular weight excluding hydrogens is 273 g/mol. The molecule has 0 saturated heterocycles. The molecule has 0 fully saturated rings. The number of halogens is 1. The van der Waals surface area contributed by atoms with Gasteiger partial charge in [-0.15, -0.1) is 0 Å². The maximum Gasteiger partial charge on any atom is 0.283 e. The largest absolute Gasteiger partial charge is 0.508 e. The Morgan fingerprint density at radius 2 is 1.48 bits per heavy atom. The Morgan fingerprint density at radius 1 is 1.00 bits per heavy atom. The lowest BCUT2D eigenvalue weighted by molar-refractivity contribution is 0.430. The second kappa shape index (κ2) is 6.62. The fraction of sp³-hybridized carbons (Fsp3) is 0.188. The Kier molecular flexibility index (Phi) is 5.14. The van der Waals surface area contributed by atoms with Crippen molar-refractivity contribution in [1.29, 1.82) is 5.26 Å². The molecule has 0 amide bonds. The SMILES string of the molecule is CC(C)(c1ccc(O)cc1)c1ccc(O)c(F)c1.N#CO. The number of aliphatic hydroxyl groups excluding tert-OH is 1. The molecule has 110 valence electrons. The standard InChI is InChI=1S/C15H15FO2.CHNO/c1-15(2,10-3-6-12(17)7-4-10)11-5-8-14(18)13(16)9-11;2-1-3/h3-9,17-18H,1-2H3;3H. The van der Waals surface area contributed by atoms with Gasteiger partial charge in [0.15, 0.2) is 11.6 Å². The van der Waals surface area contributed by atoms with E-state index in [1.165, 1.54) is 12.1 Å². The lowest BCUT2D eigenvalue weighted by atomic mass is 9.78. The van der Waals surface area contributed by atoms with Crippen molar-refractivity contribution in [2.24, 2.45) is 0 Å². The first-order valence-electron chi connectivity index (χ1n) is 6.14. The minimum atomic E-state index is -0.626. The third-order valence-electron chi connectivity index (χ3n) is 3.26. The molecule has 0 aliphatic heterocycles. The van der Waals surface area contributed by atoms with Crippen LogP contribution in [0, 0.1) is 17.3 Å². The highest BCUT2D eigenvalue weighted by Crippen LogP contribution is 2.33. The monoisotopic (exact) mass is 289 g/mol. The van der Waals surface area contributed by atoms with E-state index >= 15 is 0 Å². The summed E-state index contributed by atoms with van der Waals surface area (Å²) in [5.74, 6) is -0.772. The second-order valence-electron chi connectivity index (χ2n) is 4.94. The first-order chi connectivity index (χ1) is 9.82. The van der Waals surface area contributed by atoms with E-state index < -0.39 is 11.2 Å². The molecule has 21 heavy (non-hydrogen) atoms. The summed E-state index contributed by atoms with van der Waals surface area (Å²) in [5.41, 5.74) is 1.33. The molecule has 0 saturated carbocycles. The van der Waals surface area contributed by atoms with Gasteiger partial charge in [0, 0.05) is 5.41 Å². The third kappa shape index (κ3) is 3.86. The summed E-state index contributed by atoms with van der Waals surface area (Å²) in [6.45, 7) is 3.93. The van der Waals surface area contributed by atoms with E-state index in [9.17, 15) is 14.6 Å². The number of hydrogen-bond acceptors (Lipinski definition) is 4.